The van der Waals surface area contributed by atoms with Crippen molar-refractivity contribution in [3.63, 3.8) is 0 Å². The second-order valence-corrected chi connectivity index (χ2v) is 5.63. The Morgan fingerprint density at radius 2 is 2.00 bits per heavy atom. The van der Waals surface area contributed by atoms with Crippen LogP contribution in [-0.2, 0) is 0 Å². The molecule has 0 fully saturated rings. The Balaban J connectivity index is 2.37. The maximum atomic E-state index is 5.72. The number of hydrogen-bond acceptors (Lipinski definition) is 3. The van der Waals surface area contributed by atoms with Crippen LogP contribution in [-0.4, -0.2) is 33.2 Å². The molecule has 1 aromatic carbocycles. The number of anilines is 2. The van der Waals surface area contributed by atoms with Gasteiger partial charge >= 0.3 is 0 Å². The van der Waals surface area contributed by atoms with E-state index in [1.165, 1.54) is 16.9 Å². The van der Waals surface area contributed by atoms with Crippen LogP contribution in [0, 0.1) is 0 Å². The summed E-state index contributed by atoms with van der Waals surface area (Å²) in [5, 5.41) is 0. The molecule has 0 amide bonds. The third-order valence-electron chi connectivity index (χ3n) is 3.99. The fourth-order valence-corrected chi connectivity index (χ4v) is 2.72. The van der Waals surface area contributed by atoms with Gasteiger partial charge in [0.2, 0.25) is 0 Å². The van der Waals surface area contributed by atoms with Crippen LogP contribution in [0.15, 0.2) is 18.2 Å². The second-order valence-electron chi connectivity index (χ2n) is 5.63. The van der Waals surface area contributed by atoms with E-state index >= 15 is 0 Å². The summed E-state index contributed by atoms with van der Waals surface area (Å²) in [5.74, 6) is 0.573. The van der Waals surface area contributed by atoms with E-state index in [1.807, 2.05) is 0 Å². The lowest BCUT2D eigenvalue weighted by Crippen LogP contribution is -2.46. The Morgan fingerprint density at radius 3 is 2.61 bits per heavy atom. The Morgan fingerprint density at radius 1 is 1.28 bits per heavy atom. The summed E-state index contributed by atoms with van der Waals surface area (Å²) in [5.41, 5.74) is 9.79. The van der Waals surface area contributed by atoms with Crippen molar-refractivity contribution in [3.8, 4) is 0 Å². The average molecular weight is 247 g/mol. The zero-order valence-corrected chi connectivity index (χ0v) is 12.0. The first-order chi connectivity index (χ1) is 8.54. The summed E-state index contributed by atoms with van der Waals surface area (Å²) in [4.78, 5) is 4.74. The van der Waals surface area contributed by atoms with Gasteiger partial charge in [0, 0.05) is 26.7 Å². The van der Waals surface area contributed by atoms with Gasteiger partial charge in [0.15, 0.2) is 0 Å². The van der Waals surface area contributed by atoms with Crippen LogP contribution in [0.5, 0.6) is 0 Å². The van der Waals surface area contributed by atoms with E-state index in [4.69, 9.17) is 5.73 Å². The Bertz CT molecular complexity index is 414. The van der Waals surface area contributed by atoms with Crippen molar-refractivity contribution < 1.29 is 0 Å². The summed E-state index contributed by atoms with van der Waals surface area (Å²) in [6.07, 6.45) is 1.05. The highest BCUT2D eigenvalue weighted by Gasteiger charge is 2.26. The topological polar surface area (TPSA) is 32.5 Å². The van der Waals surface area contributed by atoms with Crippen LogP contribution >= 0.6 is 0 Å². The number of nitrogens with zero attached hydrogens (tertiary/aromatic N) is 2. The van der Waals surface area contributed by atoms with Gasteiger partial charge in [-0.1, -0.05) is 19.9 Å². The van der Waals surface area contributed by atoms with E-state index < -0.39 is 0 Å². The van der Waals surface area contributed by atoms with Crippen LogP contribution in [0.25, 0.3) is 0 Å². The minimum absolute atomic E-state index is 0.523. The summed E-state index contributed by atoms with van der Waals surface area (Å²) in [6.45, 7) is 6.29. The molecule has 0 spiro atoms. The van der Waals surface area contributed by atoms with Crippen molar-refractivity contribution in [1.82, 2.24) is 0 Å². The van der Waals surface area contributed by atoms with E-state index in [-0.39, 0.29) is 0 Å². The minimum atomic E-state index is 0.523. The van der Waals surface area contributed by atoms with Gasteiger partial charge in [-0.25, -0.2) is 0 Å². The molecule has 1 atom stereocenters. The molecule has 0 bridgehead atoms. The Kier molecular flexibility index (Phi) is 3.81. The van der Waals surface area contributed by atoms with Crippen molar-refractivity contribution in [2.24, 2.45) is 5.73 Å². The summed E-state index contributed by atoms with van der Waals surface area (Å²) in [7, 11) is 4.36. The maximum absolute atomic E-state index is 5.72. The zero-order chi connectivity index (χ0) is 13.3. The molecule has 0 radical (unpaired) electrons. The zero-order valence-electron chi connectivity index (χ0n) is 12.0. The largest absolute Gasteiger partial charge is 0.371 e. The average Bonchev–Trinajstić information content (AvgIpc) is 2.35. The van der Waals surface area contributed by atoms with Crippen LogP contribution < -0.4 is 15.5 Å². The van der Waals surface area contributed by atoms with Gasteiger partial charge in [-0.3, -0.25) is 0 Å². The van der Waals surface area contributed by atoms with Crippen LogP contribution in [0.4, 0.5) is 11.4 Å². The quantitative estimate of drug-likeness (QED) is 0.890. The Labute approximate surface area is 111 Å². The number of rotatable bonds is 3. The van der Waals surface area contributed by atoms with Gasteiger partial charge in [-0.05, 0) is 36.6 Å². The third kappa shape index (κ3) is 2.32. The lowest BCUT2D eigenvalue weighted by molar-refractivity contribution is 0.566. The molecular weight excluding hydrogens is 222 g/mol. The molecular formula is C15H25N3. The van der Waals surface area contributed by atoms with Crippen molar-refractivity contribution in [3.05, 3.63) is 23.8 Å². The smallest absolute Gasteiger partial charge is 0.0607 e. The molecule has 1 heterocycles. The molecule has 1 aliphatic rings. The van der Waals surface area contributed by atoms with Gasteiger partial charge in [-0.15, -0.1) is 0 Å². The molecule has 100 valence electrons. The summed E-state index contributed by atoms with van der Waals surface area (Å²) >= 11 is 0. The first-order valence-corrected chi connectivity index (χ1v) is 6.82. The van der Waals surface area contributed by atoms with Crippen molar-refractivity contribution in [2.45, 2.75) is 32.2 Å². The monoisotopic (exact) mass is 247 g/mol. The van der Waals surface area contributed by atoms with Gasteiger partial charge in [0.05, 0.1) is 11.4 Å². The molecule has 0 aromatic heterocycles. The molecule has 3 heteroatoms. The number of likely N-dealkylation sites (N-methyl/N-ethyl adjacent to an activating group) is 2. The molecule has 0 saturated carbocycles. The van der Waals surface area contributed by atoms with Gasteiger partial charge in [0.25, 0.3) is 0 Å². The van der Waals surface area contributed by atoms with E-state index in [9.17, 15) is 0 Å². The molecule has 1 aromatic rings. The molecule has 3 nitrogen and oxygen atoms in total. The SMILES string of the molecule is CC(C)c1ccc2c(c1)N(C)C(CCN)CN2C. The molecule has 2 N–H and O–H groups in total. The lowest BCUT2D eigenvalue weighted by Gasteiger charge is -2.41. The summed E-state index contributed by atoms with van der Waals surface area (Å²) in [6, 6.07) is 7.35. The standard InChI is InChI=1S/C15H25N3/c1-11(2)12-5-6-14-15(9-12)18(4)13(7-8-16)10-17(14)3/h5-6,9,11,13H,7-8,10,16H2,1-4H3. The van der Waals surface area contributed by atoms with Gasteiger partial charge < -0.3 is 15.5 Å². The predicted octanol–water partition coefficient (Wildman–Crippen LogP) is 2.41. The van der Waals surface area contributed by atoms with E-state index in [0.29, 0.717) is 12.0 Å². The highest BCUT2D eigenvalue weighted by Crippen LogP contribution is 2.36. The molecule has 1 unspecified atom stereocenters. The molecule has 1 aliphatic heterocycles. The number of hydrogen-bond donors (Lipinski definition) is 1. The van der Waals surface area contributed by atoms with Crippen LogP contribution in [0.1, 0.15) is 31.7 Å². The second kappa shape index (κ2) is 5.19. The van der Waals surface area contributed by atoms with Gasteiger partial charge in [0.1, 0.15) is 0 Å². The molecule has 2 rings (SSSR count). The first kappa shape index (κ1) is 13.2. The number of benzene rings is 1. The third-order valence-corrected chi connectivity index (χ3v) is 3.99. The fraction of sp³-hybridized carbons (Fsp3) is 0.600. The van der Waals surface area contributed by atoms with Crippen LogP contribution in [0.2, 0.25) is 0 Å². The van der Waals surface area contributed by atoms with Crippen molar-refractivity contribution >= 4 is 11.4 Å². The Hall–Kier alpha value is -1.22. The number of fused-ring (bicyclic) bond motifs is 1. The molecule has 0 saturated heterocycles. The number of nitrogens with two attached hydrogens (primary N) is 1. The maximum Gasteiger partial charge on any atom is 0.0607 e. The summed E-state index contributed by atoms with van der Waals surface area (Å²) < 4.78 is 0. The minimum Gasteiger partial charge on any atom is -0.371 e. The molecule has 0 aliphatic carbocycles. The van der Waals surface area contributed by atoms with Gasteiger partial charge in [-0.2, -0.15) is 0 Å². The first-order valence-electron chi connectivity index (χ1n) is 6.82. The van der Waals surface area contributed by atoms with Crippen molar-refractivity contribution in [2.75, 3.05) is 37.0 Å². The van der Waals surface area contributed by atoms with Crippen LogP contribution in [0.3, 0.4) is 0 Å². The van der Waals surface area contributed by atoms with Crippen molar-refractivity contribution in [1.29, 1.82) is 0 Å². The highest BCUT2D eigenvalue weighted by atomic mass is 15.3. The fourth-order valence-electron chi connectivity index (χ4n) is 2.72. The predicted molar refractivity (Wildman–Crippen MR) is 79.7 cm³/mol. The van der Waals surface area contributed by atoms with E-state index in [0.717, 1.165) is 19.5 Å². The van der Waals surface area contributed by atoms with E-state index in [1.54, 1.807) is 0 Å². The highest BCUT2D eigenvalue weighted by molar-refractivity contribution is 5.74. The normalized spacial score (nSPS) is 19.3. The van der Waals surface area contributed by atoms with E-state index in [2.05, 4.69) is 55.9 Å². The molecule has 18 heavy (non-hydrogen) atoms. The lowest BCUT2D eigenvalue weighted by atomic mass is 9.98.